The van der Waals surface area contributed by atoms with E-state index in [0.717, 1.165) is 0 Å². The van der Waals surface area contributed by atoms with Crippen molar-refractivity contribution in [2.45, 2.75) is 26.8 Å². The normalized spacial score (nSPS) is 12.2. The van der Waals surface area contributed by atoms with Crippen molar-refractivity contribution in [1.82, 2.24) is 9.97 Å². The predicted molar refractivity (Wildman–Crippen MR) is 74.4 cm³/mol. The summed E-state index contributed by atoms with van der Waals surface area (Å²) in [7, 11) is 1.60. The van der Waals surface area contributed by atoms with E-state index in [1.807, 2.05) is 11.3 Å². The van der Waals surface area contributed by atoms with E-state index in [2.05, 4.69) is 42.1 Å². The molecule has 2 rings (SSSR count). The monoisotopic (exact) mass is 263 g/mol. The number of rotatable bonds is 4. The molecule has 1 N–H and O–H groups in total. The largest absolute Gasteiger partial charge is 0.494 e. The number of methoxy groups -OCH3 is 1. The average Bonchev–Trinajstić information content (AvgIpc) is 2.69. The van der Waals surface area contributed by atoms with Gasteiger partial charge in [-0.3, -0.25) is 0 Å². The number of nitrogens with one attached hydrogen (secondary N) is 1. The van der Waals surface area contributed by atoms with E-state index < -0.39 is 0 Å². The lowest BCUT2D eigenvalue weighted by molar-refractivity contribution is 0.411. The molecule has 0 bridgehead atoms. The molecule has 0 spiro atoms. The molecule has 0 saturated carbocycles. The second kappa shape index (κ2) is 5.35. The van der Waals surface area contributed by atoms with Crippen molar-refractivity contribution in [2.24, 2.45) is 0 Å². The fraction of sp³-hybridized carbons (Fsp3) is 0.385. The maximum atomic E-state index is 5.03. The summed E-state index contributed by atoms with van der Waals surface area (Å²) in [5.41, 5.74) is 1.30. The Labute approximate surface area is 111 Å². The highest BCUT2D eigenvalue weighted by Gasteiger charge is 2.12. The number of anilines is 1. The Morgan fingerprint density at radius 3 is 2.44 bits per heavy atom. The summed E-state index contributed by atoms with van der Waals surface area (Å²) in [6, 6.07) is 2.41. The Kier molecular flexibility index (Phi) is 3.81. The van der Waals surface area contributed by atoms with Crippen LogP contribution in [-0.2, 0) is 0 Å². The number of ether oxygens (including phenoxy) is 1. The fourth-order valence-corrected chi connectivity index (χ4v) is 2.87. The number of thiophene rings is 1. The molecule has 0 aliphatic heterocycles. The minimum absolute atomic E-state index is 0.198. The second-order valence-electron chi connectivity index (χ2n) is 4.18. The maximum absolute atomic E-state index is 5.03. The number of aromatic nitrogens is 2. The standard InChI is InChI=1S/C13H17N3OS/c1-8-5-12(10(3)18-8)9(2)16-13-14-6-11(17-4)7-15-13/h5-7,9H,1-4H3,(H,14,15,16). The van der Waals surface area contributed by atoms with Crippen molar-refractivity contribution >= 4 is 17.3 Å². The summed E-state index contributed by atoms with van der Waals surface area (Å²) in [4.78, 5) is 11.1. The molecule has 0 aliphatic carbocycles. The summed E-state index contributed by atoms with van der Waals surface area (Å²) < 4.78 is 5.03. The molecule has 0 aliphatic rings. The molecule has 2 aromatic heterocycles. The van der Waals surface area contributed by atoms with Crippen molar-refractivity contribution in [3.8, 4) is 5.75 Å². The molecular weight excluding hydrogens is 246 g/mol. The molecule has 1 unspecified atom stereocenters. The van der Waals surface area contributed by atoms with Crippen LogP contribution in [0.3, 0.4) is 0 Å². The third-order valence-corrected chi connectivity index (χ3v) is 3.74. The summed E-state index contributed by atoms with van der Waals surface area (Å²) in [5.74, 6) is 1.28. The van der Waals surface area contributed by atoms with Crippen LogP contribution in [0.4, 0.5) is 5.95 Å². The molecular formula is C13H17N3OS. The van der Waals surface area contributed by atoms with Gasteiger partial charge in [0, 0.05) is 9.75 Å². The summed E-state index contributed by atoms with van der Waals surface area (Å²) >= 11 is 1.81. The van der Waals surface area contributed by atoms with Gasteiger partial charge in [0.1, 0.15) is 0 Å². The zero-order valence-corrected chi connectivity index (χ0v) is 11.8. The van der Waals surface area contributed by atoms with Gasteiger partial charge in [-0.05, 0) is 32.4 Å². The molecule has 5 heteroatoms. The van der Waals surface area contributed by atoms with E-state index in [-0.39, 0.29) is 6.04 Å². The molecule has 4 nitrogen and oxygen atoms in total. The van der Waals surface area contributed by atoms with Gasteiger partial charge in [-0.25, -0.2) is 9.97 Å². The van der Waals surface area contributed by atoms with Crippen LogP contribution in [0, 0.1) is 13.8 Å². The van der Waals surface area contributed by atoms with Crippen LogP contribution in [0.25, 0.3) is 0 Å². The summed E-state index contributed by atoms with van der Waals surface area (Å²) in [6.07, 6.45) is 3.32. The minimum atomic E-state index is 0.198. The van der Waals surface area contributed by atoms with Gasteiger partial charge in [-0.1, -0.05) is 0 Å². The van der Waals surface area contributed by atoms with E-state index in [9.17, 15) is 0 Å². The van der Waals surface area contributed by atoms with E-state index in [0.29, 0.717) is 11.7 Å². The lowest BCUT2D eigenvalue weighted by atomic mass is 10.1. The SMILES string of the molecule is COc1cnc(NC(C)c2cc(C)sc2C)nc1. The van der Waals surface area contributed by atoms with Crippen molar-refractivity contribution in [3.05, 3.63) is 33.8 Å². The van der Waals surface area contributed by atoms with Gasteiger partial charge in [-0.15, -0.1) is 11.3 Å². The van der Waals surface area contributed by atoms with E-state index in [1.165, 1.54) is 15.3 Å². The van der Waals surface area contributed by atoms with Crippen LogP contribution < -0.4 is 10.1 Å². The Balaban J connectivity index is 2.10. The zero-order chi connectivity index (χ0) is 13.1. The lowest BCUT2D eigenvalue weighted by Crippen LogP contribution is -2.09. The molecule has 96 valence electrons. The highest BCUT2D eigenvalue weighted by molar-refractivity contribution is 7.12. The maximum Gasteiger partial charge on any atom is 0.223 e. The number of hydrogen-bond acceptors (Lipinski definition) is 5. The van der Waals surface area contributed by atoms with Gasteiger partial charge in [-0.2, -0.15) is 0 Å². The van der Waals surface area contributed by atoms with Gasteiger partial charge < -0.3 is 10.1 Å². The first-order chi connectivity index (χ1) is 8.60. The van der Waals surface area contributed by atoms with Gasteiger partial charge in [0.15, 0.2) is 5.75 Å². The van der Waals surface area contributed by atoms with E-state index >= 15 is 0 Å². The van der Waals surface area contributed by atoms with Crippen molar-refractivity contribution in [3.63, 3.8) is 0 Å². The number of nitrogens with zero attached hydrogens (tertiary/aromatic N) is 2. The molecule has 0 radical (unpaired) electrons. The number of aryl methyl sites for hydroxylation is 2. The average molecular weight is 263 g/mol. The molecule has 0 fully saturated rings. The van der Waals surface area contributed by atoms with Crippen LogP contribution >= 0.6 is 11.3 Å². The molecule has 2 aromatic rings. The summed E-state index contributed by atoms with van der Waals surface area (Å²) in [5, 5.41) is 3.29. The number of hydrogen-bond donors (Lipinski definition) is 1. The second-order valence-corrected chi connectivity index (χ2v) is 5.64. The Morgan fingerprint density at radius 1 is 1.28 bits per heavy atom. The van der Waals surface area contributed by atoms with Gasteiger partial charge in [0.2, 0.25) is 5.95 Å². The third-order valence-electron chi connectivity index (χ3n) is 2.76. The molecule has 2 heterocycles. The molecule has 0 saturated heterocycles. The first-order valence-corrected chi connectivity index (χ1v) is 6.61. The quantitative estimate of drug-likeness (QED) is 0.919. The lowest BCUT2D eigenvalue weighted by Gasteiger charge is -2.13. The Bertz CT molecular complexity index is 522. The smallest absolute Gasteiger partial charge is 0.223 e. The first kappa shape index (κ1) is 12.8. The zero-order valence-electron chi connectivity index (χ0n) is 11.0. The van der Waals surface area contributed by atoms with Crippen LogP contribution in [0.2, 0.25) is 0 Å². The van der Waals surface area contributed by atoms with Crippen molar-refractivity contribution in [2.75, 3.05) is 12.4 Å². The Hall–Kier alpha value is -1.62. The van der Waals surface area contributed by atoms with Crippen LogP contribution in [0.5, 0.6) is 5.75 Å². The molecule has 18 heavy (non-hydrogen) atoms. The van der Waals surface area contributed by atoms with Crippen LogP contribution in [0.15, 0.2) is 18.5 Å². The van der Waals surface area contributed by atoms with E-state index in [1.54, 1.807) is 19.5 Å². The van der Waals surface area contributed by atoms with Crippen LogP contribution in [0.1, 0.15) is 28.3 Å². The topological polar surface area (TPSA) is 47.0 Å². The highest BCUT2D eigenvalue weighted by atomic mass is 32.1. The van der Waals surface area contributed by atoms with Gasteiger partial charge >= 0.3 is 0 Å². The predicted octanol–water partition coefficient (Wildman–Crippen LogP) is 3.34. The minimum Gasteiger partial charge on any atom is -0.494 e. The molecule has 0 amide bonds. The first-order valence-electron chi connectivity index (χ1n) is 5.79. The molecule has 1 atom stereocenters. The highest BCUT2D eigenvalue weighted by Crippen LogP contribution is 2.27. The van der Waals surface area contributed by atoms with Crippen molar-refractivity contribution in [1.29, 1.82) is 0 Å². The molecule has 0 aromatic carbocycles. The third kappa shape index (κ3) is 2.79. The van der Waals surface area contributed by atoms with E-state index in [4.69, 9.17) is 4.74 Å². The fourth-order valence-electron chi connectivity index (χ4n) is 1.85. The van der Waals surface area contributed by atoms with Gasteiger partial charge in [0.25, 0.3) is 0 Å². The van der Waals surface area contributed by atoms with Gasteiger partial charge in [0.05, 0.1) is 25.5 Å². The Morgan fingerprint density at radius 2 is 1.94 bits per heavy atom. The summed E-state index contributed by atoms with van der Waals surface area (Å²) in [6.45, 7) is 6.37. The van der Waals surface area contributed by atoms with Crippen LogP contribution in [-0.4, -0.2) is 17.1 Å². The van der Waals surface area contributed by atoms with Crippen molar-refractivity contribution < 1.29 is 4.74 Å².